The van der Waals surface area contributed by atoms with Crippen LogP contribution < -0.4 is 0 Å². The van der Waals surface area contributed by atoms with Gasteiger partial charge in [0.1, 0.15) is 6.04 Å². The smallest absolute Gasteiger partial charge is 0.326 e. The molecule has 1 saturated carbocycles. The highest BCUT2D eigenvalue weighted by molar-refractivity contribution is 6.08. The highest BCUT2D eigenvalue weighted by Crippen LogP contribution is 2.43. The van der Waals surface area contributed by atoms with Gasteiger partial charge in [0, 0.05) is 0 Å². The average molecular weight is 253 g/mol. The zero-order valence-corrected chi connectivity index (χ0v) is 10.8. The highest BCUT2D eigenvalue weighted by atomic mass is 16.4. The van der Waals surface area contributed by atoms with Crippen LogP contribution >= 0.6 is 0 Å². The van der Waals surface area contributed by atoms with Gasteiger partial charge in [-0.25, -0.2) is 4.79 Å². The Labute approximate surface area is 106 Å². The van der Waals surface area contributed by atoms with Crippen LogP contribution in [0.2, 0.25) is 0 Å². The summed E-state index contributed by atoms with van der Waals surface area (Å²) in [6, 6.07) is -0.976. The first kappa shape index (κ1) is 13.1. The van der Waals surface area contributed by atoms with Gasteiger partial charge in [0.15, 0.2) is 0 Å². The molecule has 0 radical (unpaired) electrons. The Morgan fingerprint density at radius 3 is 2.22 bits per heavy atom. The molecule has 1 aliphatic heterocycles. The molecule has 2 amide bonds. The maximum atomic E-state index is 12.2. The molecule has 2 fully saturated rings. The number of amides is 2. The number of carboxylic acid groups (broad SMARTS) is 1. The molecular weight excluding hydrogens is 234 g/mol. The predicted octanol–water partition coefficient (Wildman–Crippen LogP) is 1.27. The standard InChI is InChI=1S/C13H19NO4/c1-3-4-10(13(17)18)14-11(15)8-5-7(2)6-9(8)12(14)16/h7-10H,3-6H2,1-2H3,(H,17,18). The topological polar surface area (TPSA) is 74.7 Å². The Bertz CT molecular complexity index is 368. The summed E-state index contributed by atoms with van der Waals surface area (Å²) in [4.78, 5) is 36.6. The number of aliphatic carboxylic acids is 1. The molecule has 1 heterocycles. The van der Waals surface area contributed by atoms with Crippen LogP contribution in [0.25, 0.3) is 0 Å². The fourth-order valence-corrected chi connectivity index (χ4v) is 3.25. The number of likely N-dealkylation sites (tertiary alicyclic amines) is 1. The van der Waals surface area contributed by atoms with Crippen molar-refractivity contribution in [1.82, 2.24) is 4.90 Å². The third-order valence-corrected chi connectivity index (χ3v) is 4.07. The lowest BCUT2D eigenvalue weighted by Crippen LogP contribution is -2.45. The summed E-state index contributed by atoms with van der Waals surface area (Å²) in [7, 11) is 0. The molecule has 0 aromatic carbocycles. The van der Waals surface area contributed by atoms with Crippen molar-refractivity contribution in [3.05, 3.63) is 0 Å². The number of imide groups is 1. The molecule has 3 atom stereocenters. The minimum Gasteiger partial charge on any atom is -0.480 e. The van der Waals surface area contributed by atoms with Crippen molar-refractivity contribution >= 4 is 17.8 Å². The third-order valence-electron chi connectivity index (χ3n) is 4.07. The second-order valence-electron chi connectivity index (χ2n) is 5.48. The Hall–Kier alpha value is -1.39. The van der Waals surface area contributed by atoms with E-state index in [1.54, 1.807) is 0 Å². The van der Waals surface area contributed by atoms with Gasteiger partial charge in [-0.15, -0.1) is 0 Å². The molecule has 2 aliphatic rings. The van der Waals surface area contributed by atoms with E-state index in [0.29, 0.717) is 31.6 Å². The molecule has 100 valence electrons. The summed E-state index contributed by atoms with van der Waals surface area (Å²) >= 11 is 0. The molecule has 0 spiro atoms. The monoisotopic (exact) mass is 253 g/mol. The molecule has 1 saturated heterocycles. The number of carboxylic acids is 1. The van der Waals surface area contributed by atoms with E-state index < -0.39 is 12.0 Å². The number of hydrogen-bond donors (Lipinski definition) is 1. The van der Waals surface area contributed by atoms with Crippen LogP contribution in [0.15, 0.2) is 0 Å². The minimum atomic E-state index is -1.08. The van der Waals surface area contributed by atoms with Crippen LogP contribution in [0.4, 0.5) is 0 Å². The van der Waals surface area contributed by atoms with Crippen molar-refractivity contribution in [2.24, 2.45) is 17.8 Å². The van der Waals surface area contributed by atoms with Gasteiger partial charge in [-0.1, -0.05) is 20.3 Å². The number of carbonyl (C=O) groups excluding carboxylic acids is 2. The van der Waals surface area contributed by atoms with E-state index in [9.17, 15) is 14.4 Å². The summed E-state index contributed by atoms with van der Waals surface area (Å²) < 4.78 is 0. The highest BCUT2D eigenvalue weighted by Gasteiger charge is 2.54. The van der Waals surface area contributed by atoms with E-state index in [2.05, 4.69) is 0 Å². The molecule has 0 aromatic heterocycles. The number of fused-ring (bicyclic) bond motifs is 1. The molecule has 0 bridgehead atoms. The van der Waals surface area contributed by atoms with Crippen molar-refractivity contribution in [3.63, 3.8) is 0 Å². The van der Waals surface area contributed by atoms with Gasteiger partial charge in [-0.3, -0.25) is 14.5 Å². The summed E-state index contributed by atoms with van der Waals surface area (Å²) in [6.07, 6.45) is 2.40. The van der Waals surface area contributed by atoms with E-state index in [0.717, 1.165) is 4.90 Å². The zero-order chi connectivity index (χ0) is 13.4. The maximum absolute atomic E-state index is 12.2. The van der Waals surface area contributed by atoms with Crippen molar-refractivity contribution < 1.29 is 19.5 Å². The number of hydrogen-bond acceptors (Lipinski definition) is 3. The van der Waals surface area contributed by atoms with E-state index in [4.69, 9.17) is 5.11 Å². The third kappa shape index (κ3) is 1.91. The molecule has 1 N–H and O–H groups in total. The summed E-state index contributed by atoms with van der Waals surface area (Å²) in [5, 5.41) is 9.17. The van der Waals surface area contributed by atoms with Gasteiger partial charge in [-0.05, 0) is 25.2 Å². The van der Waals surface area contributed by atoms with Crippen LogP contribution in [0, 0.1) is 17.8 Å². The molecule has 2 rings (SSSR count). The molecule has 0 aromatic rings. The van der Waals surface area contributed by atoms with E-state index >= 15 is 0 Å². The van der Waals surface area contributed by atoms with E-state index in [1.807, 2.05) is 13.8 Å². The lowest BCUT2D eigenvalue weighted by Gasteiger charge is -2.23. The second-order valence-corrected chi connectivity index (χ2v) is 5.48. The fraction of sp³-hybridized carbons (Fsp3) is 0.769. The largest absolute Gasteiger partial charge is 0.480 e. The van der Waals surface area contributed by atoms with E-state index in [1.165, 1.54) is 0 Å². The summed E-state index contributed by atoms with van der Waals surface area (Å²) in [6.45, 7) is 3.88. The Kier molecular flexibility index (Phi) is 3.41. The first-order valence-electron chi connectivity index (χ1n) is 6.57. The molecule has 3 unspecified atom stereocenters. The van der Waals surface area contributed by atoms with Crippen molar-refractivity contribution in [1.29, 1.82) is 0 Å². The lowest BCUT2D eigenvalue weighted by atomic mass is 10.00. The van der Waals surface area contributed by atoms with Crippen LogP contribution in [0.5, 0.6) is 0 Å². The van der Waals surface area contributed by atoms with Crippen molar-refractivity contribution in [3.8, 4) is 0 Å². The molecule has 1 aliphatic carbocycles. The van der Waals surface area contributed by atoms with Crippen LogP contribution in [-0.4, -0.2) is 33.8 Å². The SMILES string of the molecule is CCCC(C(=O)O)N1C(=O)C2CC(C)CC2C1=O. The first-order chi connectivity index (χ1) is 8.47. The van der Waals surface area contributed by atoms with Crippen molar-refractivity contribution in [2.45, 2.75) is 45.6 Å². The van der Waals surface area contributed by atoms with Gasteiger partial charge in [0.25, 0.3) is 0 Å². The average Bonchev–Trinajstić information content (AvgIpc) is 2.77. The van der Waals surface area contributed by atoms with E-state index in [-0.39, 0.29) is 23.7 Å². The van der Waals surface area contributed by atoms with Crippen LogP contribution in [0.3, 0.4) is 0 Å². The number of nitrogens with zero attached hydrogens (tertiary/aromatic N) is 1. The van der Waals surface area contributed by atoms with Gasteiger partial charge in [-0.2, -0.15) is 0 Å². The predicted molar refractivity (Wildman–Crippen MR) is 63.6 cm³/mol. The summed E-state index contributed by atoms with van der Waals surface area (Å²) in [5.41, 5.74) is 0. The fourth-order valence-electron chi connectivity index (χ4n) is 3.25. The van der Waals surface area contributed by atoms with Gasteiger partial charge < -0.3 is 5.11 Å². The quantitative estimate of drug-likeness (QED) is 0.766. The Morgan fingerprint density at radius 2 is 1.83 bits per heavy atom. The Morgan fingerprint density at radius 1 is 1.33 bits per heavy atom. The minimum absolute atomic E-state index is 0.268. The summed E-state index contributed by atoms with van der Waals surface area (Å²) in [5.74, 6) is -1.78. The molecular formula is C13H19NO4. The van der Waals surface area contributed by atoms with Gasteiger partial charge in [0.05, 0.1) is 11.8 Å². The number of carbonyl (C=O) groups is 3. The molecule has 5 heteroatoms. The van der Waals surface area contributed by atoms with Crippen LogP contribution in [-0.2, 0) is 14.4 Å². The lowest BCUT2D eigenvalue weighted by molar-refractivity contribution is -0.155. The molecule has 18 heavy (non-hydrogen) atoms. The number of rotatable bonds is 4. The second kappa shape index (κ2) is 4.71. The first-order valence-corrected chi connectivity index (χ1v) is 6.57. The van der Waals surface area contributed by atoms with Crippen molar-refractivity contribution in [2.75, 3.05) is 0 Å². The maximum Gasteiger partial charge on any atom is 0.326 e. The van der Waals surface area contributed by atoms with Gasteiger partial charge >= 0.3 is 5.97 Å². The molecule has 5 nitrogen and oxygen atoms in total. The van der Waals surface area contributed by atoms with Crippen LogP contribution in [0.1, 0.15) is 39.5 Å². The zero-order valence-electron chi connectivity index (χ0n) is 10.8. The normalized spacial score (nSPS) is 32.8. The van der Waals surface area contributed by atoms with Gasteiger partial charge in [0.2, 0.25) is 11.8 Å². The Balaban J connectivity index is 2.22.